The molecular weight excluding hydrogens is 274 g/mol. The molecule has 2 atom stereocenters. The fraction of sp³-hybridized carbons (Fsp3) is 0.895. The van der Waals surface area contributed by atoms with Gasteiger partial charge < -0.3 is 15.9 Å². The summed E-state index contributed by atoms with van der Waals surface area (Å²) in [5.74, 6) is 0. The van der Waals surface area contributed by atoms with E-state index in [1.807, 2.05) is 6.92 Å². The number of allylic oxidation sites excluding steroid dienone is 1. The van der Waals surface area contributed by atoms with Crippen LogP contribution in [-0.2, 0) is 0 Å². The van der Waals surface area contributed by atoms with Crippen molar-refractivity contribution in [1.29, 1.82) is 0 Å². The molecule has 0 amide bonds. The SMILES string of the molecule is CCCCCCCCCCCCCC=C(C)[C@H](O)[C@H](N)CO. The van der Waals surface area contributed by atoms with Crippen molar-refractivity contribution in [2.24, 2.45) is 5.73 Å². The molecule has 0 saturated carbocycles. The highest BCUT2D eigenvalue weighted by atomic mass is 16.3. The van der Waals surface area contributed by atoms with Gasteiger partial charge in [-0.05, 0) is 25.3 Å². The lowest BCUT2D eigenvalue weighted by molar-refractivity contribution is 0.135. The highest BCUT2D eigenvalue weighted by Crippen LogP contribution is 2.13. The summed E-state index contributed by atoms with van der Waals surface area (Å²) in [7, 11) is 0. The molecule has 0 fully saturated rings. The Balaban J connectivity index is 3.39. The summed E-state index contributed by atoms with van der Waals surface area (Å²) in [5, 5.41) is 18.7. The highest BCUT2D eigenvalue weighted by molar-refractivity contribution is 5.07. The minimum atomic E-state index is -0.710. The van der Waals surface area contributed by atoms with Gasteiger partial charge in [0.15, 0.2) is 0 Å². The van der Waals surface area contributed by atoms with Gasteiger partial charge in [0, 0.05) is 0 Å². The van der Waals surface area contributed by atoms with Crippen molar-refractivity contribution in [2.75, 3.05) is 6.61 Å². The lowest BCUT2D eigenvalue weighted by Gasteiger charge is -2.17. The molecule has 0 heterocycles. The minimum Gasteiger partial charge on any atom is -0.395 e. The first kappa shape index (κ1) is 21.6. The maximum absolute atomic E-state index is 9.81. The maximum Gasteiger partial charge on any atom is 0.0920 e. The molecule has 0 aliphatic rings. The summed E-state index contributed by atoms with van der Waals surface area (Å²) in [6.45, 7) is 3.97. The Hall–Kier alpha value is -0.380. The van der Waals surface area contributed by atoms with Crippen LogP contribution in [0.1, 0.15) is 90.9 Å². The van der Waals surface area contributed by atoms with Crippen LogP contribution in [0.15, 0.2) is 11.6 Å². The zero-order valence-electron chi connectivity index (χ0n) is 14.9. The summed E-state index contributed by atoms with van der Waals surface area (Å²) in [4.78, 5) is 0. The van der Waals surface area contributed by atoms with E-state index in [1.54, 1.807) is 0 Å². The summed E-state index contributed by atoms with van der Waals surface area (Å²) in [6, 6.07) is -0.562. The quantitative estimate of drug-likeness (QED) is 0.312. The normalized spacial score (nSPS) is 15.0. The predicted octanol–water partition coefficient (Wildman–Crippen LogP) is 4.31. The first-order valence-electron chi connectivity index (χ1n) is 9.34. The Morgan fingerprint density at radius 3 is 1.82 bits per heavy atom. The zero-order chi connectivity index (χ0) is 16.6. The molecule has 0 aromatic rings. The molecule has 0 rings (SSSR count). The van der Waals surface area contributed by atoms with E-state index in [-0.39, 0.29) is 6.61 Å². The van der Waals surface area contributed by atoms with Crippen LogP contribution >= 0.6 is 0 Å². The molecule has 0 aliphatic heterocycles. The Bertz CT molecular complexity index is 266. The lowest BCUT2D eigenvalue weighted by atomic mass is 10.0. The average Bonchev–Trinajstić information content (AvgIpc) is 2.54. The van der Waals surface area contributed by atoms with Crippen molar-refractivity contribution in [3.63, 3.8) is 0 Å². The maximum atomic E-state index is 9.81. The van der Waals surface area contributed by atoms with E-state index in [9.17, 15) is 5.11 Å². The van der Waals surface area contributed by atoms with Gasteiger partial charge in [0.25, 0.3) is 0 Å². The molecule has 22 heavy (non-hydrogen) atoms. The predicted molar refractivity (Wildman–Crippen MR) is 95.9 cm³/mol. The van der Waals surface area contributed by atoms with Crippen molar-refractivity contribution < 1.29 is 10.2 Å². The fourth-order valence-corrected chi connectivity index (χ4v) is 2.70. The second-order valence-electron chi connectivity index (χ2n) is 6.56. The molecule has 0 aromatic carbocycles. The smallest absolute Gasteiger partial charge is 0.0920 e. The molecule has 0 spiro atoms. The van der Waals surface area contributed by atoms with Crippen LogP contribution in [0.5, 0.6) is 0 Å². The van der Waals surface area contributed by atoms with Crippen LogP contribution in [0.3, 0.4) is 0 Å². The van der Waals surface area contributed by atoms with Gasteiger partial charge in [-0.1, -0.05) is 77.2 Å². The van der Waals surface area contributed by atoms with Gasteiger partial charge in [0.2, 0.25) is 0 Å². The number of hydrogen-bond donors (Lipinski definition) is 3. The zero-order valence-corrected chi connectivity index (χ0v) is 14.9. The van der Waals surface area contributed by atoms with Crippen LogP contribution < -0.4 is 5.73 Å². The Morgan fingerprint density at radius 2 is 1.36 bits per heavy atom. The Morgan fingerprint density at radius 1 is 0.909 bits per heavy atom. The van der Waals surface area contributed by atoms with Crippen molar-refractivity contribution in [1.82, 2.24) is 0 Å². The van der Waals surface area contributed by atoms with E-state index < -0.39 is 12.1 Å². The molecule has 0 radical (unpaired) electrons. The third-order valence-corrected chi connectivity index (χ3v) is 4.36. The third kappa shape index (κ3) is 12.2. The van der Waals surface area contributed by atoms with Gasteiger partial charge in [0.1, 0.15) is 0 Å². The monoisotopic (exact) mass is 313 g/mol. The van der Waals surface area contributed by atoms with E-state index in [0.717, 1.165) is 12.0 Å². The highest BCUT2D eigenvalue weighted by Gasteiger charge is 2.14. The standard InChI is InChI=1S/C19H39NO2/c1-3-4-5-6-7-8-9-10-11-12-13-14-15-17(2)19(22)18(20)16-21/h15,18-19,21-22H,3-14,16,20H2,1-2H3/t18-,19+/m1/s1. The van der Waals surface area contributed by atoms with E-state index >= 15 is 0 Å². The minimum absolute atomic E-state index is 0.176. The van der Waals surface area contributed by atoms with Gasteiger partial charge in [-0.25, -0.2) is 0 Å². The lowest BCUT2D eigenvalue weighted by Crippen LogP contribution is -2.38. The van der Waals surface area contributed by atoms with Crippen molar-refractivity contribution in [3.8, 4) is 0 Å². The van der Waals surface area contributed by atoms with E-state index in [0.29, 0.717) is 0 Å². The van der Waals surface area contributed by atoms with Crippen LogP contribution in [0, 0.1) is 0 Å². The molecule has 4 N–H and O–H groups in total. The number of hydrogen-bond acceptors (Lipinski definition) is 3. The van der Waals surface area contributed by atoms with Crippen LogP contribution in [-0.4, -0.2) is 29.0 Å². The van der Waals surface area contributed by atoms with Gasteiger partial charge in [-0.2, -0.15) is 0 Å². The number of aliphatic hydroxyl groups is 2. The molecule has 132 valence electrons. The molecule has 0 saturated heterocycles. The third-order valence-electron chi connectivity index (χ3n) is 4.36. The van der Waals surface area contributed by atoms with Gasteiger partial charge in [-0.3, -0.25) is 0 Å². The second kappa shape index (κ2) is 15.5. The molecule has 0 bridgehead atoms. The van der Waals surface area contributed by atoms with Crippen LogP contribution in [0.2, 0.25) is 0 Å². The topological polar surface area (TPSA) is 66.5 Å². The molecule has 0 unspecified atom stereocenters. The Kier molecular flexibility index (Phi) is 15.2. The number of rotatable bonds is 15. The van der Waals surface area contributed by atoms with Gasteiger partial charge >= 0.3 is 0 Å². The van der Waals surface area contributed by atoms with Crippen molar-refractivity contribution in [3.05, 3.63) is 11.6 Å². The van der Waals surface area contributed by atoms with E-state index in [4.69, 9.17) is 10.8 Å². The van der Waals surface area contributed by atoms with Crippen LogP contribution in [0.25, 0.3) is 0 Å². The van der Waals surface area contributed by atoms with Crippen molar-refractivity contribution >= 4 is 0 Å². The first-order chi connectivity index (χ1) is 10.6. The van der Waals surface area contributed by atoms with E-state index in [2.05, 4.69) is 13.0 Å². The van der Waals surface area contributed by atoms with Crippen LogP contribution in [0.4, 0.5) is 0 Å². The molecule has 0 aliphatic carbocycles. The number of unbranched alkanes of at least 4 members (excludes halogenated alkanes) is 11. The Labute approximate surface area is 138 Å². The van der Waals surface area contributed by atoms with Gasteiger partial charge in [0.05, 0.1) is 18.8 Å². The summed E-state index contributed by atoms with van der Waals surface area (Å²) < 4.78 is 0. The second-order valence-corrected chi connectivity index (χ2v) is 6.56. The molecule has 3 nitrogen and oxygen atoms in total. The first-order valence-corrected chi connectivity index (χ1v) is 9.34. The summed E-state index contributed by atoms with van der Waals surface area (Å²) >= 11 is 0. The largest absolute Gasteiger partial charge is 0.395 e. The van der Waals surface area contributed by atoms with Gasteiger partial charge in [-0.15, -0.1) is 0 Å². The fourth-order valence-electron chi connectivity index (χ4n) is 2.70. The van der Waals surface area contributed by atoms with Crippen molar-refractivity contribution in [2.45, 2.75) is 103 Å². The van der Waals surface area contributed by atoms with E-state index in [1.165, 1.54) is 70.6 Å². The molecule has 0 aromatic heterocycles. The molecular formula is C19H39NO2. The molecule has 3 heteroatoms. The summed E-state index contributed by atoms with van der Waals surface area (Å²) in [6.07, 6.45) is 17.2. The number of aliphatic hydroxyl groups excluding tert-OH is 2. The average molecular weight is 314 g/mol. The number of nitrogens with two attached hydrogens (primary N) is 1. The summed E-state index contributed by atoms with van der Waals surface area (Å²) in [5.41, 5.74) is 6.50.